The summed E-state index contributed by atoms with van der Waals surface area (Å²) in [5.74, 6) is -0.801. The highest BCUT2D eigenvalue weighted by Gasteiger charge is 2.07. The zero-order valence-electron chi connectivity index (χ0n) is 10.4. The van der Waals surface area contributed by atoms with Crippen LogP contribution in [0.25, 0.3) is 0 Å². The van der Waals surface area contributed by atoms with Gasteiger partial charge in [-0.3, -0.25) is 14.6 Å². The number of thiophene rings is 1. The van der Waals surface area contributed by atoms with Crippen molar-refractivity contribution in [1.82, 2.24) is 15.7 Å². The molecule has 0 aliphatic carbocycles. The minimum absolute atomic E-state index is 0.156. The van der Waals surface area contributed by atoms with Gasteiger partial charge in [-0.15, -0.1) is 11.3 Å². The molecule has 2 rings (SSSR count). The van der Waals surface area contributed by atoms with Crippen molar-refractivity contribution in [3.63, 3.8) is 0 Å². The molecule has 0 fully saturated rings. The van der Waals surface area contributed by atoms with E-state index in [1.54, 1.807) is 24.4 Å². The SMILES string of the molecule is O=C(CNC(=O)c1ccccn1)N/N=C\c1cccs1. The van der Waals surface area contributed by atoms with E-state index in [-0.39, 0.29) is 12.2 Å². The number of pyridine rings is 1. The first-order valence-corrected chi connectivity index (χ1v) is 6.68. The Hall–Kier alpha value is -2.54. The Morgan fingerprint density at radius 1 is 1.30 bits per heavy atom. The normalized spacial score (nSPS) is 10.4. The van der Waals surface area contributed by atoms with E-state index in [0.717, 1.165) is 4.88 Å². The van der Waals surface area contributed by atoms with E-state index >= 15 is 0 Å². The first-order chi connectivity index (χ1) is 9.75. The second-order valence-corrected chi connectivity index (χ2v) is 4.69. The molecule has 2 heterocycles. The van der Waals surface area contributed by atoms with Crippen molar-refractivity contribution in [3.05, 3.63) is 52.5 Å². The molecule has 7 heteroatoms. The molecule has 0 unspecified atom stereocenters. The summed E-state index contributed by atoms with van der Waals surface area (Å²) in [4.78, 5) is 27.9. The van der Waals surface area contributed by atoms with Gasteiger partial charge in [0.1, 0.15) is 5.69 Å². The van der Waals surface area contributed by atoms with Gasteiger partial charge in [-0.25, -0.2) is 5.43 Å². The fraction of sp³-hybridized carbons (Fsp3) is 0.0769. The van der Waals surface area contributed by atoms with E-state index < -0.39 is 11.8 Å². The standard InChI is InChI=1S/C13H12N4O2S/c18-12(17-16-8-10-4-3-7-20-10)9-15-13(19)11-5-1-2-6-14-11/h1-8H,9H2,(H,15,19)(H,17,18)/b16-8-. The molecule has 0 aromatic carbocycles. The molecule has 0 radical (unpaired) electrons. The van der Waals surface area contributed by atoms with Crippen molar-refractivity contribution in [3.8, 4) is 0 Å². The van der Waals surface area contributed by atoms with Crippen molar-refractivity contribution >= 4 is 29.4 Å². The maximum Gasteiger partial charge on any atom is 0.270 e. The van der Waals surface area contributed by atoms with Gasteiger partial charge in [-0.1, -0.05) is 12.1 Å². The lowest BCUT2D eigenvalue weighted by molar-refractivity contribution is -0.120. The van der Waals surface area contributed by atoms with Crippen LogP contribution in [0.1, 0.15) is 15.4 Å². The number of amides is 2. The fourth-order valence-electron chi connectivity index (χ4n) is 1.32. The minimum Gasteiger partial charge on any atom is -0.342 e. The minimum atomic E-state index is -0.401. The van der Waals surface area contributed by atoms with Crippen molar-refractivity contribution in [2.75, 3.05) is 6.54 Å². The van der Waals surface area contributed by atoms with Crippen molar-refractivity contribution < 1.29 is 9.59 Å². The lowest BCUT2D eigenvalue weighted by Crippen LogP contribution is -2.35. The molecule has 2 N–H and O–H groups in total. The molecule has 0 aliphatic heterocycles. The van der Waals surface area contributed by atoms with Crippen LogP contribution in [-0.2, 0) is 4.79 Å². The molecule has 20 heavy (non-hydrogen) atoms. The Morgan fingerprint density at radius 3 is 2.90 bits per heavy atom. The van der Waals surface area contributed by atoms with Gasteiger partial charge in [-0.05, 0) is 23.6 Å². The van der Waals surface area contributed by atoms with Gasteiger partial charge in [0.15, 0.2) is 0 Å². The highest BCUT2D eigenvalue weighted by molar-refractivity contribution is 7.11. The molecule has 0 saturated carbocycles. The van der Waals surface area contributed by atoms with Gasteiger partial charge in [0, 0.05) is 11.1 Å². The first kappa shape index (κ1) is 13.9. The quantitative estimate of drug-likeness (QED) is 0.636. The third-order valence-electron chi connectivity index (χ3n) is 2.23. The van der Waals surface area contributed by atoms with Crippen LogP contribution in [0, 0.1) is 0 Å². The Bertz CT molecular complexity index is 596. The number of hydrogen-bond acceptors (Lipinski definition) is 5. The zero-order chi connectivity index (χ0) is 14.2. The summed E-state index contributed by atoms with van der Waals surface area (Å²) < 4.78 is 0. The molecule has 6 nitrogen and oxygen atoms in total. The predicted molar refractivity (Wildman–Crippen MR) is 76.6 cm³/mol. The maximum absolute atomic E-state index is 11.6. The van der Waals surface area contributed by atoms with Gasteiger partial charge in [0.25, 0.3) is 11.8 Å². The number of carbonyl (C=O) groups is 2. The van der Waals surface area contributed by atoms with E-state index in [4.69, 9.17) is 0 Å². The number of nitrogens with zero attached hydrogens (tertiary/aromatic N) is 2. The summed E-state index contributed by atoms with van der Waals surface area (Å²) in [7, 11) is 0. The number of hydrazone groups is 1. The fourth-order valence-corrected chi connectivity index (χ4v) is 1.91. The molecule has 0 atom stereocenters. The Kier molecular flexibility index (Phi) is 4.96. The Balaban J connectivity index is 1.74. The Labute approximate surface area is 119 Å². The van der Waals surface area contributed by atoms with Gasteiger partial charge in [-0.2, -0.15) is 5.10 Å². The lowest BCUT2D eigenvalue weighted by Gasteiger charge is -2.02. The Morgan fingerprint density at radius 2 is 2.20 bits per heavy atom. The van der Waals surface area contributed by atoms with Crippen LogP contribution < -0.4 is 10.7 Å². The summed E-state index contributed by atoms with van der Waals surface area (Å²) in [6.45, 7) is -0.156. The number of rotatable bonds is 5. The number of aromatic nitrogens is 1. The van der Waals surface area contributed by atoms with Gasteiger partial charge >= 0.3 is 0 Å². The number of carbonyl (C=O) groups excluding carboxylic acids is 2. The molecular weight excluding hydrogens is 276 g/mol. The molecule has 0 saturated heterocycles. The monoisotopic (exact) mass is 288 g/mol. The summed E-state index contributed by atoms with van der Waals surface area (Å²) in [5.41, 5.74) is 2.60. The largest absolute Gasteiger partial charge is 0.342 e. The number of nitrogens with one attached hydrogen (secondary N) is 2. The van der Waals surface area contributed by atoms with Gasteiger partial charge in [0.05, 0.1) is 12.8 Å². The maximum atomic E-state index is 11.6. The van der Waals surface area contributed by atoms with Crippen molar-refractivity contribution in [2.45, 2.75) is 0 Å². The van der Waals surface area contributed by atoms with Gasteiger partial charge in [0.2, 0.25) is 0 Å². The van der Waals surface area contributed by atoms with Crippen LogP contribution in [0.15, 0.2) is 47.0 Å². The first-order valence-electron chi connectivity index (χ1n) is 5.80. The topological polar surface area (TPSA) is 83.5 Å². The summed E-state index contributed by atoms with van der Waals surface area (Å²) in [5, 5.41) is 8.15. The summed E-state index contributed by atoms with van der Waals surface area (Å²) in [6, 6.07) is 8.75. The van der Waals surface area contributed by atoms with E-state index in [2.05, 4.69) is 20.8 Å². The molecule has 0 bridgehead atoms. The molecule has 2 aromatic heterocycles. The van der Waals surface area contributed by atoms with Crippen LogP contribution in [-0.4, -0.2) is 29.6 Å². The third kappa shape index (κ3) is 4.29. The van der Waals surface area contributed by atoms with Crippen LogP contribution in [0.5, 0.6) is 0 Å². The van der Waals surface area contributed by atoms with E-state index in [0.29, 0.717) is 0 Å². The predicted octanol–water partition coefficient (Wildman–Crippen LogP) is 1.02. The smallest absolute Gasteiger partial charge is 0.270 e. The van der Waals surface area contributed by atoms with Crippen LogP contribution in [0.4, 0.5) is 0 Å². The third-order valence-corrected chi connectivity index (χ3v) is 3.04. The molecule has 2 aromatic rings. The van der Waals surface area contributed by atoms with Crippen LogP contribution >= 0.6 is 11.3 Å². The second kappa shape index (κ2) is 7.15. The zero-order valence-corrected chi connectivity index (χ0v) is 11.3. The molecule has 102 valence electrons. The van der Waals surface area contributed by atoms with Crippen LogP contribution in [0.2, 0.25) is 0 Å². The van der Waals surface area contributed by atoms with Crippen molar-refractivity contribution in [1.29, 1.82) is 0 Å². The van der Waals surface area contributed by atoms with E-state index in [1.807, 2.05) is 17.5 Å². The van der Waals surface area contributed by atoms with Gasteiger partial charge < -0.3 is 5.32 Å². The molecular formula is C13H12N4O2S. The average molecular weight is 288 g/mol. The second-order valence-electron chi connectivity index (χ2n) is 3.71. The summed E-state index contributed by atoms with van der Waals surface area (Å²) >= 11 is 1.51. The number of hydrogen-bond donors (Lipinski definition) is 2. The molecule has 0 aliphatic rings. The van der Waals surface area contributed by atoms with Crippen molar-refractivity contribution in [2.24, 2.45) is 5.10 Å². The summed E-state index contributed by atoms with van der Waals surface area (Å²) in [6.07, 6.45) is 3.06. The average Bonchev–Trinajstić information content (AvgIpc) is 2.99. The van der Waals surface area contributed by atoms with E-state index in [9.17, 15) is 9.59 Å². The molecule has 0 spiro atoms. The molecule has 2 amide bonds. The highest BCUT2D eigenvalue weighted by atomic mass is 32.1. The van der Waals surface area contributed by atoms with E-state index in [1.165, 1.54) is 17.5 Å². The lowest BCUT2D eigenvalue weighted by atomic mass is 10.3. The van der Waals surface area contributed by atoms with Crippen LogP contribution in [0.3, 0.4) is 0 Å². The highest BCUT2D eigenvalue weighted by Crippen LogP contribution is 2.03.